The number of nitrogens with one attached hydrogen (secondary N) is 1. The monoisotopic (exact) mass is 309 g/mol. The third kappa shape index (κ3) is 2.81. The molecular weight excluding hydrogens is 286 g/mol. The third-order valence-corrected chi connectivity index (χ3v) is 6.44. The molecule has 0 amide bonds. The van der Waals surface area contributed by atoms with Gasteiger partial charge in [0.15, 0.2) is 0 Å². The summed E-state index contributed by atoms with van der Waals surface area (Å²) in [5.41, 5.74) is 1.15. The lowest BCUT2D eigenvalue weighted by Gasteiger charge is -2.22. The minimum absolute atomic E-state index is 0.105. The highest BCUT2D eigenvalue weighted by atomic mass is 32.2. The molecule has 0 aromatic heterocycles. The Morgan fingerprint density at radius 3 is 2.62 bits per heavy atom. The minimum atomic E-state index is -3.51. The van der Waals surface area contributed by atoms with E-state index < -0.39 is 10.0 Å². The first kappa shape index (κ1) is 14.9. The molecule has 1 N–H and O–H groups in total. The molecule has 0 bridgehead atoms. The van der Waals surface area contributed by atoms with E-state index in [0.29, 0.717) is 5.75 Å². The number of sulfonamides is 1. The number of hydrogen-bond donors (Lipinski definition) is 1. The molecule has 3 rings (SSSR count). The first-order valence-corrected chi connectivity index (χ1v) is 9.12. The highest BCUT2D eigenvalue weighted by Crippen LogP contribution is 2.56. The Balaban J connectivity index is 1.80. The van der Waals surface area contributed by atoms with Crippen LogP contribution in [0, 0.1) is 12.3 Å². The summed E-state index contributed by atoms with van der Waals surface area (Å²) in [5.74, 6) is 0.409. The van der Waals surface area contributed by atoms with Crippen LogP contribution in [0.2, 0.25) is 0 Å². The Morgan fingerprint density at radius 2 is 1.95 bits per heavy atom. The summed E-state index contributed by atoms with van der Waals surface area (Å²) < 4.78 is 33.4. The Labute approximate surface area is 126 Å². The zero-order valence-corrected chi connectivity index (χ0v) is 13.5. The van der Waals surface area contributed by atoms with Crippen LogP contribution in [0.4, 0.5) is 0 Å². The predicted octanol–water partition coefficient (Wildman–Crippen LogP) is 3.00. The quantitative estimate of drug-likeness (QED) is 0.930. The summed E-state index contributed by atoms with van der Waals surface area (Å²) in [6.45, 7) is 1.89. The van der Waals surface area contributed by atoms with Crippen molar-refractivity contribution >= 4 is 10.0 Å². The number of benzene rings is 1. The fourth-order valence-electron chi connectivity index (χ4n) is 3.57. The van der Waals surface area contributed by atoms with Crippen LogP contribution in [0.1, 0.15) is 44.1 Å². The SMILES string of the molecule is COc1ccc(C)cc1S(=O)(=O)NC1CC12CCCCC2. The first-order chi connectivity index (χ1) is 9.97. The maximum Gasteiger partial charge on any atom is 0.244 e. The molecule has 1 aromatic carbocycles. The van der Waals surface area contributed by atoms with Crippen molar-refractivity contribution < 1.29 is 13.2 Å². The summed E-state index contributed by atoms with van der Waals surface area (Å²) in [5, 5.41) is 0. The molecule has 0 saturated heterocycles. The summed E-state index contributed by atoms with van der Waals surface area (Å²) >= 11 is 0. The van der Waals surface area contributed by atoms with Gasteiger partial charge in [0.05, 0.1) is 7.11 Å². The highest BCUT2D eigenvalue weighted by Gasteiger charge is 2.55. The van der Waals surface area contributed by atoms with E-state index in [1.165, 1.54) is 26.4 Å². The fourth-order valence-corrected chi connectivity index (χ4v) is 5.16. The number of methoxy groups -OCH3 is 1. The lowest BCUT2D eigenvalue weighted by atomic mass is 9.86. The molecule has 116 valence electrons. The zero-order valence-electron chi connectivity index (χ0n) is 12.7. The van der Waals surface area contributed by atoms with Gasteiger partial charge in [-0.1, -0.05) is 25.3 Å². The Kier molecular flexibility index (Phi) is 3.74. The van der Waals surface area contributed by atoms with Crippen LogP contribution in [0.3, 0.4) is 0 Å². The normalized spacial score (nSPS) is 24.0. The van der Waals surface area contributed by atoms with Crippen molar-refractivity contribution in [1.29, 1.82) is 0 Å². The lowest BCUT2D eigenvalue weighted by molar-refractivity contribution is 0.321. The number of hydrogen-bond acceptors (Lipinski definition) is 3. The van der Waals surface area contributed by atoms with Crippen molar-refractivity contribution in [2.45, 2.75) is 56.4 Å². The molecule has 1 unspecified atom stereocenters. The van der Waals surface area contributed by atoms with Crippen molar-refractivity contribution in [1.82, 2.24) is 4.72 Å². The molecule has 1 spiro atoms. The van der Waals surface area contributed by atoms with E-state index in [-0.39, 0.29) is 16.4 Å². The number of rotatable bonds is 4. The predicted molar refractivity (Wildman–Crippen MR) is 82.0 cm³/mol. The van der Waals surface area contributed by atoms with Gasteiger partial charge in [-0.15, -0.1) is 0 Å². The summed E-state index contributed by atoms with van der Waals surface area (Å²) in [7, 11) is -2.01. The van der Waals surface area contributed by atoms with Crippen LogP contribution < -0.4 is 9.46 Å². The van der Waals surface area contributed by atoms with Crippen molar-refractivity contribution in [2.24, 2.45) is 5.41 Å². The second kappa shape index (κ2) is 5.29. The Bertz CT molecular complexity index is 633. The van der Waals surface area contributed by atoms with Gasteiger partial charge >= 0.3 is 0 Å². The van der Waals surface area contributed by atoms with E-state index in [1.54, 1.807) is 12.1 Å². The second-order valence-corrected chi connectivity index (χ2v) is 8.14. The van der Waals surface area contributed by atoms with E-state index in [0.717, 1.165) is 24.8 Å². The van der Waals surface area contributed by atoms with Gasteiger partial charge in [-0.25, -0.2) is 13.1 Å². The maximum absolute atomic E-state index is 12.6. The van der Waals surface area contributed by atoms with Gasteiger partial charge in [0.1, 0.15) is 10.6 Å². The highest BCUT2D eigenvalue weighted by molar-refractivity contribution is 7.89. The number of ether oxygens (including phenoxy) is 1. The van der Waals surface area contributed by atoms with Crippen LogP contribution >= 0.6 is 0 Å². The smallest absolute Gasteiger partial charge is 0.244 e. The topological polar surface area (TPSA) is 55.4 Å². The molecule has 0 aliphatic heterocycles. The minimum Gasteiger partial charge on any atom is -0.495 e. The van der Waals surface area contributed by atoms with Gasteiger partial charge in [-0.2, -0.15) is 0 Å². The average Bonchev–Trinajstić information content (AvgIpc) is 3.10. The summed E-state index contributed by atoms with van der Waals surface area (Å²) in [4.78, 5) is 0.253. The van der Waals surface area contributed by atoms with E-state index in [9.17, 15) is 8.42 Å². The van der Waals surface area contributed by atoms with Gasteiger partial charge in [0, 0.05) is 6.04 Å². The molecule has 1 aromatic rings. The molecule has 0 radical (unpaired) electrons. The molecule has 2 aliphatic carbocycles. The molecule has 2 fully saturated rings. The standard InChI is InChI=1S/C16H23NO3S/c1-12-6-7-13(20-2)14(10-12)21(18,19)17-15-11-16(15)8-4-3-5-9-16/h6-7,10,15,17H,3-5,8-9,11H2,1-2H3. The molecule has 2 aliphatic rings. The van der Waals surface area contributed by atoms with Gasteiger partial charge in [0.25, 0.3) is 0 Å². The van der Waals surface area contributed by atoms with E-state index in [1.807, 2.05) is 13.0 Å². The van der Waals surface area contributed by atoms with Crippen LogP contribution in [0.5, 0.6) is 5.75 Å². The summed E-state index contributed by atoms with van der Waals surface area (Å²) in [6, 6.07) is 5.36. The van der Waals surface area contributed by atoms with E-state index in [2.05, 4.69) is 4.72 Å². The van der Waals surface area contributed by atoms with Crippen LogP contribution in [0.25, 0.3) is 0 Å². The van der Waals surface area contributed by atoms with Gasteiger partial charge in [-0.3, -0.25) is 0 Å². The maximum atomic E-state index is 12.6. The first-order valence-electron chi connectivity index (χ1n) is 7.64. The van der Waals surface area contributed by atoms with Gasteiger partial charge < -0.3 is 4.74 Å². The van der Waals surface area contributed by atoms with Gasteiger partial charge in [0.2, 0.25) is 10.0 Å². The average molecular weight is 309 g/mol. The zero-order chi connectivity index (χ0) is 15.1. The lowest BCUT2D eigenvalue weighted by Crippen LogP contribution is -2.31. The van der Waals surface area contributed by atoms with Crippen molar-refractivity contribution in [3.8, 4) is 5.75 Å². The van der Waals surface area contributed by atoms with E-state index >= 15 is 0 Å². The molecule has 21 heavy (non-hydrogen) atoms. The molecule has 0 heterocycles. The van der Waals surface area contributed by atoms with E-state index in [4.69, 9.17) is 4.74 Å². The Hall–Kier alpha value is -1.07. The molecule has 4 nitrogen and oxygen atoms in total. The van der Waals surface area contributed by atoms with Crippen molar-refractivity contribution in [3.63, 3.8) is 0 Å². The molecule has 2 saturated carbocycles. The summed E-state index contributed by atoms with van der Waals surface area (Å²) in [6.07, 6.45) is 7.04. The molecule has 1 atom stereocenters. The van der Waals surface area contributed by atoms with Crippen molar-refractivity contribution in [2.75, 3.05) is 7.11 Å². The van der Waals surface area contributed by atoms with Crippen LogP contribution in [-0.4, -0.2) is 21.6 Å². The van der Waals surface area contributed by atoms with Crippen molar-refractivity contribution in [3.05, 3.63) is 23.8 Å². The largest absolute Gasteiger partial charge is 0.495 e. The molecular formula is C16H23NO3S. The van der Waals surface area contributed by atoms with Gasteiger partial charge in [-0.05, 0) is 49.3 Å². The second-order valence-electron chi connectivity index (χ2n) is 6.46. The third-order valence-electron chi connectivity index (χ3n) is 4.95. The van der Waals surface area contributed by atoms with Crippen LogP contribution in [-0.2, 0) is 10.0 Å². The Morgan fingerprint density at radius 1 is 1.24 bits per heavy atom. The molecule has 5 heteroatoms. The number of aryl methyl sites for hydroxylation is 1. The fraction of sp³-hybridized carbons (Fsp3) is 0.625. The van der Waals surface area contributed by atoms with Crippen LogP contribution in [0.15, 0.2) is 23.1 Å².